The maximum absolute atomic E-state index is 12.1. The van der Waals surface area contributed by atoms with Crippen LogP contribution in [0.3, 0.4) is 0 Å². The average Bonchev–Trinajstić information content (AvgIpc) is 2.02. The van der Waals surface area contributed by atoms with Crippen molar-refractivity contribution in [3.8, 4) is 0 Å². The monoisotopic (exact) mass is 216 g/mol. The van der Waals surface area contributed by atoms with Crippen LogP contribution in [0.2, 0.25) is 0 Å². The molecule has 0 aliphatic carbocycles. The van der Waals surface area contributed by atoms with Gasteiger partial charge in [0.2, 0.25) is 0 Å². The number of halogens is 4. The van der Waals surface area contributed by atoms with Crippen LogP contribution in [0.15, 0.2) is 12.2 Å². The minimum Gasteiger partial charge on any atom is -0.478 e. The van der Waals surface area contributed by atoms with Gasteiger partial charge in [-0.05, 0) is 0 Å². The van der Waals surface area contributed by atoms with Crippen molar-refractivity contribution in [3.63, 3.8) is 0 Å². The van der Waals surface area contributed by atoms with Gasteiger partial charge in [-0.1, -0.05) is 6.08 Å². The summed E-state index contributed by atoms with van der Waals surface area (Å²) in [6.45, 7) is -1.89. The van der Waals surface area contributed by atoms with Crippen LogP contribution in [-0.2, 0) is 9.53 Å². The molecule has 82 valence electrons. The summed E-state index contributed by atoms with van der Waals surface area (Å²) in [6, 6.07) is 0. The van der Waals surface area contributed by atoms with Crippen LogP contribution in [0, 0.1) is 0 Å². The first-order valence-corrected chi connectivity index (χ1v) is 3.49. The van der Waals surface area contributed by atoms with Gasteiger partial charge in [0.05, 0.1) is 6.61 Å². The van der Waals surface area contributed by atoms with E-state index in [2.05, 4.69) is 4.74 Å². The highest BCUT2D eigenvalue weighted by Gasteiger charge is 2.40. The second-order valence-electron chi connectivity index (χ2n) is 2.32. The largest absolute Gasteiger partial charge is 0.478 e. The number of carboxylic acid groups (broad SMARTS) is 1. The summed E-state index contributed by atoms with van der Waals surface area (Å²) in [5.74, 6) is -5.47. The Morgan fingerprint density at radius 2 is 2.07 bits per heavy atom. The number of aliphatic carboxylic acids is 1. The summed E-state index contributed by atoms with van der Waals surface area (Å²) in [6.07, 6.45) is -2.18. The quantitative estimate of drug-likeness (QED) is 0.416. The number of alkyl halides is 4. The van der Waals surface area contributed by atoms with E-state index in [0.29, 0.717) is 6.08 Å². The maximum Gasteiger partial charge on any atom is 0.330 e. The second-order valence-corrected chi connectivity index (χ2v) is 2.32. The third-order valence-electron chi connectivity index (χ3n) is 1.09. The molecule has 0 aromatic heterocycles. The summed E-state index contributed by atoms with van der Waals surface area (Å²) in [4.78, 5) is 9.86. The van der Waals surface area contributed by atoms with Crippen molar-refractivity contribution in [3.05, 3.63) is 12.2 Å². The Morgan fingerprint density at radius 3 is 2.50 bits per heavy atom. The molecule has 0 rings (SSSR count). The molecule has 0 aromatic rings. The number of rotatable bonds is 6. The van der Waals surface area contributed by atoms with Crippen molar-refractivity contribution in [2.24, 2.45) is 0 Å². The zero-order chi connectivity index (χ0) is 11.2. The number of hydrogen-bond acceptors (Lipinski definition) is 2. The van der Waals surface area contributed by atoms with Crippen molar-refractivity contribution in [2.45, 2.75) is 12.3 Å². The molecule has 0 aliphatic heterocycles. The molecule has 0 bridgehead atoms. The second kappa shape index (κ2) is 5.58. The predicted octanol–water partition coefficient (Wildman–Crippen LogP) is 1.54. The molecule has 0 saturated heterocycles. The summed E-state index contributed by atoms with van der Waals surface area (Å²) < 4.78 is 51.4. The first kappa shape index (κ1) is 12.9. The Hall–Kier alpha value is -1.11. The summed E-state index contributed by atoms with van der Waals surface area (Å²) in [5, 5.41) is 8.05. The SMILES string of the molecule is O=C(O)/C=C/COCC(F)(F)C(F)F. The number of ether oxygens (including phenoxy) is 1. The average molecular weight is 216 g/mol. The van der Waals surface area contributed by atoms with Crippen molar-refractivity contribution in [2.75, 3.05) is 13.2 Å². The van der Waals surface area contributed by atoms with Gasteiger partial charge in [-0.2, -0.15) is 8.78 Å². The number of carbonyl (C=O) groups is 1. The minimum atomic E-state index is -4.20. The maximum atomic E-state index is 12.1. The van der Waals surface area contributed by atoms with Gasteiger partial charge in [-0.3, -0.25) is 0 Å². The third kappa shape index (κ3) is 5.52. The Balaban J connectivity index is 3.69. The van der Waals surface area contributed by atoms with Crippen LogP contribution in [0.25, 0.3) is 0 Å². The van der Waals surface area contributed by atoms with E-state index in [9.17, 15) is 22.4 Å². The number of carboxylic acids is 1. The van der Waals surface area contributed by atoms with E-state index in [0.717, 1.165) is 6.08 Å². The molecular formula is C7H8F4O3. The molecular weight excluding hydrogens is 208 g/mol. The van der Waals surface area contributed by atoms with Gasteiger partial charge in [0.25, 0.3) is 0 Å². The Kier molecular flexibility index (Phi) is 5.14. The first-order valence-electron chi connectivity index (χ1n) is 3.49. The topological polar surface area (TPSA) is 46.5 Å². The van der Waals surface area contributed by atoms with Crippen molar-refractivity contribution < 1.29 is 32.2 Å². The highest BCUT2D eigenvalue weighted by Crippen LogP contribution is 2.22. The molecule has 0 aliphatic rings. The van der Waals surface area contributed by atoms with Crippen LogP contribution in [0.1, 0.15) is 0 Å². The van der Waals surface area contributed by atoms with Gasteiger partial charge >= 0.3 is 18.3 Å². The zero-order valence-electron chi connectivity index (χ0n) is 6.92. The smallest absolute Gasteiger partial charge is 0.330 e. The van der Waals surface area contributed by atoms with E-state index in [1.165, 1.54) is 0 Å². The Morgan fingerprint density at radius 1 is 1.50 bits per heavy atom. The predicted molar refractivity (Wildman–Crippen MR) is 38.5 cm³/mol. The van der Waals surface area contributed by atoms with Gasteiger partial charge in [0.1, 0.15) is 6.61 Å². The van der Waals surface area contributed by atoms with E-state index < -0.39 is 31.5 Å². The third-order valence-corrected chi connectivity index (χ3v) is 1.09. The lowest BCUT2D eigenvalue weighted by atomic mass is 10.4. The minimum absolute atomic E-state index is 0.450. The van der Waals surface area contributed by atoms with Crippen LogP contribution in [-0.4, -0.2) is 36.6 Å². The molecule has 0 saturated carbocycles. The molecule has 0 atom stereocenters. The molecule has 14 heavy (non-hydrogen) atoms. The summed E-state index contributed by atoms with van der Waals surface area (Å²) in [5.41, 5.74) is 0. The molecule has 0 amide bonds. The van der Waals surface area contributed by atoms with E-state index in [1.807, 2.05) is 0 Å². The van der Waals surface area contributed by atoms with Crippen LogP contribution in [0.5, 0.6) is 0 Å². The lowest BCUT2D eigenvalue weighted by Crippen LogP contribution is -2.32. The van der Waals surface area contributed by atoms with Gasteiger partial charge in [0.15, 0.2) is 0 Å². The molecule has 1 N–H and O–H groups in total. The van der Waals surface area contributed by atoms with Crippen LogP contribution < -0.4 is 0 Å². The Labute approximate surface area is 77.0 Å². The van der Waals surface area contributed by atoms with Gasteiger partial charge in [-0.25, -0.2) is 13.6 Å². The Bertz CT molecular complexity index is 215. The zero-order valence-corrected chi connectivity index (χ0v) is 6.92. The molecule has 0 heterocycles. The molecule has 0 aromatic carbocycles. The number of hydrogen-bond donors (Lipinski definition) is 1. The lowest BCUT2D eigenvalue weighted by Gasteiger charge is -2.13. The normalized spacial score (nSPS) is 12.6. The summed E-state index contributed by atoms with van der Waals surface area (Å²) in [7, 11) is 0. The molecule has 0 fully saturated rings. The van der Waals surface area contributed by atoms with Gasteiger partial charge < -0.3 is 9.84 Å². The first-order chi connectivity index (χ1) is 6.36. The van der Waals surface area contributed by atoms with Crippen molar-refractivity contribution in [1.29, 1.82) is 0 Å². The van der Waals surface area contributed by atoms with E-state index >= 15 is 0 Å². The van der Waals surface area contributed by atoms with Crippen molar-refractivity contribution in [1.82, 2.24) is 0 Å². The molecule has 3 nitrogen and oxygen atoms in total. The van der Waals surface area contributed by atoms with Gasteiger partial charge in [-0.15, -0.1) is 0 Å². The fourth-order valence-electron chi connectivity index (χ4n) is 0.475. The van der Waals surface area contributed by atoms with Crippen LogP contribution in [0.4, 0.5) is 17.6 Å². The fraction of sp³-hybridized carbons (Fsp3) is 0.571. The van der Waals surface area contributed by atoms with E-state index in [-0.39, 0.29) is 0 Å². The molecule has 0 radical (unpaired) electrons. The van der Waals surface area contributed by atoms with E-state index in [4.69, 9.17) is 5.11 Å². The molecule has 0 unspecified atom stereocenters. The fourth-order valence-corrected chi connectivity index (χ4v) is 0.475. The lowest BCUT2D eigenvalue weighted by molar-refractivity contribution is -0.163. The van der Waals surface area contributed by atoms with Crippen molar-refractivity contribution >= 4 is 5.97 Å². The molecule has 0 spiro atoms. The van der Waals surface area contributed by atoms with Gasteiger partial charge in [0, 0.05) is 6.08 Å². The molecule has 7 heteroatoms. The highest BCUT2D eigenvalue weighted by atomic mass is 19.3. The van der Waals surface area contributed by atoms with E-state index in [1.54, 1.807) is 0 Å². The van der Waals surface area contributed by atoms with Crippen LogP contribution >= 0.6 is 0 Å². The summed E-state index contributed by atoms with van der Waals surface area (Å²) >= 11 is 0. The highest BCUT2D eigenvalue weighted by molar-refractivity contribution is 5.79. The standard InChI is InChI=1S/C7H8F4O3/c8-6(9)7(10,11)4-14-3-1-2-5(12)13/h1-2,6H,3-4H2,(H,12,13)/b2-1+.